The van der Waals surface area contributed by atoms with E-state index in [1.54, 1.807) is 0 Å². The zero-order chi connectivity index (χ0) is 15.2. The zero-order valence-electron chi connectivity index (χ0n) is 13.4. The molecule has 2 aliphatic rings. The maximum absolute atomic E-state index is 9.48. The summed E-state index contributed by atoms with van der Waals surface area (Å²) in [5, 5.41) is 9.48. The van der Waals surface area contributed by atoms with E-state index in [1.165, 1.54) is 31.4 Å². The quantitative estimate of drug-likeness (QED) is 0.875. The number of likely N-dealkylation sites (tertiary alicyclic amines) is 2. The molecule has 3 rings (SSSR count). The first kappa shape index (κ1) is 15.7. The molecule has 1 aromatic rings. The van der Waals surface area contributed by atoms with Crippen LogP contribution in [-0.2, 0) is 0 Å². The molecule has 2 saturated heterocycles. The van der Waals surface area contributed by atoms with Gasteiger partial charge in [0.2, 0.25) is 0 Å². The van der Waals surface area contributed by atoms with E-state index in [0.717, 1.165) is 26.1 Å². The third-order valence-corrected chi connectivity index (χ3v) is 5.10. The zero-order valence-corrected chi connectivity index (χ0v) is 13.4. The van der Waals surface area contributed by atoms with Gasteiger partial charge in [0.05, 0.1) is 6.61 Å². The van der Waals surface area contributed by atoms with Gasteiger partial charge in [-0.25, -0.2) is 0 Å². The Hall–Kier alpha value is -1.16. The Morgan fingerprint density at radius 3 is 2.50 bits per heavy atom. The Bertz CT molecular complexity index is 474. The van der Waals surface area contributed by atoms with Crippen molar-refractivity contribution in [2.75, 3.05) is 32.8 Å². The van der Waals surface area contributed by atoms with Crippen LogP contribution in [0.5, 0.6) is 0 Å². The summed E-state index contributed by atoms with van der Waals surface area (Å²) in [6, 6.07) is 11.6. The second-order valence-corrected chi connectivity index (χ2v) is 6.58. The maximum atomic E-state index is 9.48. The molecule has 1 aromatic carbocycles. The smallest absolute Gasteiger partial charge is 0.0586 e. The van der Waals surface area contributed by atoms with Crippen molar-refractivity contribution in [1.82, 2.24) is 9.80 Å². The molecule has 3 nitrogen and oxygen atoms in total. The Morgan fingerprint density at radius 1 is 1.00 bits per heavy atom. The van der Waals surface area contributed by atoms with Crippen LogP contribution in [0.25, 0.3) is 6.08 Å². The van der Waals surface area contributed by atoms with E-state index in [2.05, 4.69) is 52.3 Å². The second-order valence-electron chi connectivity index (χ2n) is 6.58. The third kappa shape index (κ3) is 3.97. The lowest BCUT2D eigenvalue weighted by Crippen LogP contribution is -2.43. The van der Waals surface area contributed by atoms with Crippen molar-refractivity contribution in [1.29, 1.82) is 0 Å². The molecule has 0 bridgehead atoms. The minimum absolute atomic E-state index is 0.320. The highest BCUT2D eigenvalue weighted by atomic mass is 16.3. The second kappa shape index (κ2) is 7.91. The first-order valence-corrected chi connectivity index (χ1v) is 8.67. The minimum Gasteiger partial charge on any atom is -0.395 e. The molecule has 2 heterocycles. The van der Waals surface area contributed by atoms with Gasteiger partial charge in [0.15, 0.2) is 0 Å². The summed E-state index contributed by atoms with van der Waals surface area (Å²) in [4.78, 5) is 5.11. The average molecular weight is 300 g/mol. The summed E-state index contributed by atoms with van der Waals surface area (Å²) in [5.74, 6) is 0. The SMILES string of the molecule is OCC1CCCN1CC1CCCN1C/C=C/c1ccccc1. The van der Waals surface area contributed by atoms with Gasteiger partial charge in [0, 0.05) is 25.2 Å². The Balaban J connectivity index is 1.51. The van der Waals surface area contributed by atoms with Crippen LogP contribution >= 0.6 is 0 Å². The largest absolute Gasteiger partial charge is 0.395 e. The van der Waals surface area contributed by atoms with Crippen LogP contribution in [0.15, 0.2) is 36.4 Å². The lowest BCUT2D eigenvalue weighted by molar-refractivity contribution is 0.126. The molecule has 0 amide bonds. The van der Waals surface area contributed by atoms with E-state index in [4.69, 9.17) is 0 Å². The number of hydrogen-bond acceptors (Lipinski definition) is 3. The fourth-order valence-corrected chi connectivity index (χ4v) is 3.84. The predicted molar refractivity (Wildman–Crippen MR) is 91.8 cm³/mol. The van der Waals surface area contributed by atoms with Crippen LogP contribution in [-0.4, -0.2) is 59.8 Å². The van der Waals surface area contributed by atoms with Crippen LogP contribution in [0.1, 0.15) is 31.2 Å². The lowest BCUT2D eigenvalue weighted by Gasteiger charge is -2.30. The van der Waals surface area contributed by atoms with Gasteiger partial charge in [0.1, 0.15) is 0 Å². The summed E-state index contributed by atoms with van der Waals surface area (Å²) < 4.78 is 0. The standard InChI is InChI=1S/C19H28N2O/c22-16-19-11-6-14-21(19)15-18-10-5-13-20(18)12-4-9-17-7-2-1-3-8-17/h1-4,7-9,18-19,22H,5-6,10-16H2/b9-4+. The van der Waals surface area contributed by atoms with Gasteiger partial charge in [-0.3, -0.25) is 9.80 Å². The van der Waals surface area contributed by atoms with Gasteiger partial charge in [-0.2, -0.15) is 0 Å². The number of nitrogens with zero attached hydrogens (tertiary/aromatic N) is 2. The summed E-state index contributed by atoms with van der Waals surface area (Å²) >= 11 is 0. The molecular weight excluding hydrogens is 272 g/mol. The van der Waals surface area contributed by atoms with E-state index in [9.17, 15) is 5.11 Å². The Labute approximate surface area is 134 Å². The lowest BCUT2D eigenvalue weighted by atomic mass is 10.1. The molecular formula is C19H28N2O. The first-order chi connectivity index (χ1) is 10.9. The summed E-state index contributed by atoms with van der Waals surface area (Å²) in [7, 11) is 0. The van der Waals surface area contributed by atoms with Crippen molar-refractivity contribution in [2.45, 2.75) is 37.8 Å². The van der Waals surface area contributed by atoms with Crippen LogP contribution in [0.4, 0.5) is 0 Å². The van der Waals surface area contributed by atoms with E-state index >= 15 is 0 Å². The van der Waals surface area contributed by atoms with Crippen molar-refractivity contribution >= 4 is 6.08 Å². The number of aliphatic hydroxyl groups is 1. The first-order valence-electron chi connectivity index (χ1n) is 8.67. The maximum Gasteiger partial charge on any atom is 0.0586 e. The molecule has 0 saturated carbocycles. The third-order valence-electron chi connectivity index (χ3n) is 5.10. The predicted octanol–water partition coefficient (Wildman–Crippen LogP) is 2.62. The van der Waals surface area contributed by atoms with Gasteiger partial charge < -0.3 is 5.11 Å². The van der Waals surface area contributed by atoms with E-state index in [0.29, 0.717) is 18.7 Å². The summed E-state index contributed by atoms with van der Waals surface area (Å²) in [5.41, 5.74) is 1.28. The van der Waals surface area contributed by atoms with E-state index < -0.39 is 0 Å². The van der Waals surface area contributed by atoms with E-state index in [-0.39, 0.29) is 0 Å². The van der Waals surface area contributed by atoms with Crippen LogP contribution in [0.2, 0.25) is 0 Å². The Morgan fingerprint density at radius 2 is 1.73 bits per heavy atom. The highest BCUT2D eigenvalue weighted by Crippen LogP contribution is 2.23. The van der Waals surface area contributed by atoms with Crippen LogP contribution < -0.4 is 0 Å². The van der Waals surface area contributed by atoms with Gasteiger partial charge >= 0.3 is 0 Å². The number of aliphatic hydroxyl groups excluding tert-OH is 1. The molecule has 0 aliphatic carbocycles. The average Bonchev–Trinajstić information content (AvgIpc) is 3.18. The van der Waals surface area contributed by atoms with Gasteiger partial charge in [0.25, 0.3) is 0 Å². The molecule has 120 valence electrons. The normalized spacial score (nSPS) is 27.1. The van der Waals surface area contributed by atoms with Gasteiger partial charge in [-0.05, 0) is 44.3 Å². The number of benzene rings is 1. The molecule has 0 spiro atoms. The highest BCUT2D eigenvalue weighted by Gasteiger charge is 2.30. The molecule has 2 aliphatic heterocycles. The summed E-state index contributed by atoms with van der Waals surface area (Å²) in [6.45, 7) is 4.86. The monoisotopic (exact) mass is 300 g/mol. The van der Waals surface area contributed by atoms with Crippen LogP contribution in [0, 0.1) is 0 Å². The van der Waals surface area contributed by atoms with E-state index in [1.807, 2.05) is 0 Å². The fraction of sp³-hybridized carbons (Fsp3) is 0.579. The minimum atomic E-state index is 0.320. The molecule has 2 fully saturated rings. The molecule has 0 aromatic heterocycles. The van der Waals surface area contributed by atoms with Crippen molar-refractivity contribution in [3.8, 4) is 0 Å². The molecule has 0 radical (unpaired) electrons. The van der Waals surface area contributed by atoms with Crippen molar-refractivity contribution < 1.29 is 5.11 Å². The van der Waals surface area contributed by atoms with Crippen molar-refractivity contribution in [3.05, 3.63) is 42.0 Å². The molecule has 3 heteroatoms. The van der Waals surface area contributed by atoms with Gasteiger partial charge in [-0.1, -0.05) is 42.5 Å². The van der Waals surface area contributed by atoms with Crippen molar-refractivity contribution in [3.63, 3.8) is 0 Å². The topological polar surface area (TPSA) is 26.7 Å². The summed E-state index contributed by atoms with van der Waals surface area (Å²) in [6.07, 6.45) is 9.53. The van der Waals surface area contributed by atoms with Gasteiger partial charge in [-0.15, -0.1) is 0 Å². The highest BCUT2D eigenvalue weighted by molar-refractivity contribution is 5.48. The van der Waals surface area contributed by atoms with Crippen molar-refractivity contribution in [2.24, 2.45) is 0 Å². The molecule has 22 heavy (non-hydrogen) atoms. The number of rotatable bonds is 6. The molecule has 2 unspecified atom stereocenters. The number of hydrogen-bond donors (Lipinski definition) is 1. The fourth-order valence-electron chi connectivity index (χ4n) is 3.84. The molecule has 2 atom stereocenters. The van der Waals surface area contributed by atoms with Crippen LogP contribution in [0.3, 0.4) is 0 Å². The molecule has 1 N–H and O–H groups in total. The Kier molecular flexibility index (Phi) is 5.65.